The molecule has 100 valence electrons. The van der Waals surface area contributed by atoms with Crippen LogP contribution in [0.4, 0.5) is 0 Å². The summed E-state index contributed by atoms with van der Waals surface area (Å²) in [5, 5.41) is 4.37. The minimum Gasteiger partial charge on any atom is -0.294 e. The number of hydrogen-bond donors (Lipinski definition) is 0. The van der Waals surface area contributed by atoms with Crippen molar-refractivity contribution in [3.05, 3.63) is 51.3 Å². The predicted molar refractivity (Wildman–Crippen MR) is 79.6 cm³/mol. The molecule has 0 saturated carbocycles. The number of benzene rings is 1. The fourth-order valence-electron chi connectivity index (χ4n) is 2.18. The lowest BCUT2D eigenvalue weighted by molar-refractivity contribution is 0.0990. The summed E-state index contributed by atoms with van der Waals surface area (Å²) in [4.78, 5) is 12.3. The van der Waals surface area contributed by atoms with Crippen molar-refractivity contribution in [2.75, 3.05) is 0 Å². The first-order valence-corrected chi connectivity index (χ1v) is 7.12. The maximum absolute atomic E-state index is 12.3. The van der Waals surface area contributed by atoms with Crippen molar-refractivity contribution in [3.8, 4) is 0 Å². The molecule has 2 rings (SSSR count). The van der Waals surface area contributed by atoms with Crippen molar-refractivity contribution < 1.29 is 4.79 Å². The average molecular weight is 321 g/mol. The van der Waals surface area contributed by atoms with E-state index in [2.05, 4.69) is 21.0 Å². The molecule has 0 radical (unpaired) electrons. The predicted octanol–water partition coefficient (Wildman–Crippen LogP) is 3.71. The molecule has 0 aliphatic heterocycles. The second kappa shape index (κ2) is 5.70. The first-order valence-electron chi connectivity index (χ1n) is 6.33. The molecule has 0 aliphatic rings. The van der Waals surface area contributed by atoms with Crippen LogP contribution in [0.5, 0.6) is 0 Å². The summed E-state index contributed by atoms with van der Waals surface area (Å²) in [5.41, 5.74) is 3.75. The van der Waals surface area contributed by atoms with Crippen LogP contribution < -0.4 is 0 Å². The topological polar surface area (TPSA) is 34.9 Å². The summed E-state index contributed by atoms with van der Waals surface area (Å²) < 4.78 is 2.83. The maximum Gasteiger partial charge on any atom is 0.168 e. The summed E-state index contributed by atoms with van der Waals surface area (Å²) in [6.45, 7) is 6.75. The SMILES string of the molecule is CCn1nc(C)cc1CC(=O)c1cc(C)cc(Br)c1. The van der Waals surface area contributed by atoms with Gasteiger partial charge in [0.15, 0.2) is 5.78 Å². The quantitative estimate of drug-likeness (QED) is 0.805. The summed E-state index contributed by atoms with van der Waals surface area (Å²) in [6.07, 6.45) is 0.393. The molecular weight excluding hydrogens is 304 g/mol. The van der Waals surface area contributed by atoms with E-state index in [1.165, 1.54) is 0 Å². The maximum atomic E-state index is 12.3. The third kappa shape index (κ3) is 3.32. The van der Waals surface area contributed by atoms with Crippen LogP contribution in [0.25, 0.3) is 0 Å². The molecule has 4 heteroatoms. The Balaban J connectivity index is 2.25. The van der Waals surface area contributed by atoms with Crippen molar-refractivity contribution in [1.29, 1.82) is 0 Å². The van der Waals surface area contributed by atoms with Crippen molar-refractivity contribution in [2.24, 2.45) is 0 Å². The number of Topliss-reactive ketones (excluding diaryl/α,β-unsaturated/α-hetero) is 1. The zero-order valence-electron chi connectivity index (χ0n) is 11.4. The van der Waals surface area contributed by atoms with Crippen LogP contribution in [0.1, 0.15) is 34.2 Å². The zero-order valence-corrected chi connectivity index (χ0v) is 13.0. The molecule has 0 saturated heterocycles. The molecule has 0 atom stereocenters. The highest BCUT2D eigenvalue weighted by molar-refractivity contribution is 9.10. The fraction of sp³-hybridized carbons (Fsp3) is 0.333. The van der Waals surface area contributed by atoms with E-state index in [0.717, 1.165) is 33.5 Å². The monoisotopic (exact) mass is 320 g/mol. The molecule has 2 aromatic rings. The van der Waals surface area contributed by atoms with E-state index in [-0.39, 0.29) is 5.78 Å². The van der Waals surface area contributed by atoms with Gasteiger partial charge in [0, 0.05) is 22.3 Å². The van der Waals surface area contributed by atoms with Gasteiger partial charge in [0.1, 0.15) is 0 Å². The number of hydrogen-bond acceptors (Lipinski definition) is 2. The Labute approximate surface area is 121 Å². The van der Waals surface area contributed by atoms with Gasteiger partial charge < -0.3 is 0 Å². The minimum absolute atomic E-state index is 0.124. The molecule has 0 spiro atoms. The van der Waals surface area contributed by atoms with E-state index < -0.39 is 0 Å². The molecule has 0 amide bonds. The number of aromatic nitrogens is 2. The molecule has 3 nitrogen and oxygen atoms in total. The molecule has 0 bridgehead atoms. The highest BCUT2D eigenvalue weighted by Gasteiger charge is 2.12. The van der Waals surface area contributed by atoms with E-state index in [1.807, 2.05) is 49.7 Å². The zero-order chi connectivity index (χ0) is 14.0. The highest BCUT2D eigenvalue weighted by atomic mass is 79.9. The lowest BCUT2D eigenvalue weighted by Gasteiger charge is -2.05. The van der Waals surface area contributed by atoms with E-state index >= 15 is 0 Å². The number of rotatable bonds is 4. The minimum atomic E-state index is 0.124. The number of halogens is 1. The standard InChI is InChI=1S/C15H17BrN2O/c1-4-18-14(7-11(3)17-18)9-15(19)12-5-10(2)6-13(16)8-12/h5-8H,4,9H2,1-3H3. The van der Waals surface area contributed by atoms with E-state index in [9.17, 15) is 4.79 Å². The average Bonchev–Trinajstić information content (AvgIpc) is 2.68. The molecule has 0 aliphatic carbocycles. The van der Waals surface area contributed by atoms with Gasteiger partial charge in [-0.25, -0.2) is 0 Å². The first kappa shape index (κ1) is 14.0. The normalized spacial score (nSPS) is 10.7. The Kier molecular flexibility index (Phi) is 4.20. The Hall–Kier alpha value is -1.42. The molecule has 1 aromatic heterocycles. The van der Waals surface area contributed by atoms with Gasteiger partial charge in [-0.05, 0) is 50.6 Å². The Morgan fingerprint density at radius 1 is 1.26 bits per heavy atom. The van der Waals surface area contributed by atoms with Gasteiger partial charge in [0.2, 0.25) is 0 Å². The van der Waals surface area contributed by atoms with Gasteiger partial charge in [-0.15, -0.1) is 0 Å². The number of carbonyl (C=O) groups is 1. The second-order valence-electron chi connectivity index (χ2n) is 4.71. The number of nitrogens with zero attached hydrogens (tertiary/aromatic N) is 2. The first-order chi connectivity index (χ1) is 8.99. The van der Waals surface area contributed by atoms with Gasteiger partial charge in [-0.1, -0.05) is 15.9 Å². The third-order valence-electron chi connectivity index (χ3n) is 2.99. The largest absolute Gasteiger partial charge is 0.294 e. The molecular formula is C15H17BrN2O. The van der Waals surface area contributed by atoms with Gasteiger partial charge in [0.25, 0.3) is 0 Å². The highest BCUT2D eigenvalue weighted by Crippen LogP contribution is 2.17. The van der Waals surface area contributed by atoms with Crippen LogP contribution >= 0.6 is 15.9 Å². The van der Waals surface area contributed by atoms with Gasteiger partial charge in [-0.3, -0.25) is 9.48 Å². The molecule has 0 unspecified atom stereocenters. The fourth-order valence-corrected chi connectivity index (χ4v) is 2.79. The summed E-state index contributed by atoms with van der Waals surface area (Å²) in [5.74, 6) is 0.124. The van der Waals surface area contributed by atoms with Gasteiger partial charge in [-0.2, -0.15) is 5.10 Å². The Morgan fingerprint density at radius 2 is 2.00 bits per heavy atom. The number of ketones is 1. The Bertz CT molecular complexity index is 596. The molecule has 1 heterocycles. The summed E-state index contributed by atoms with van der Waals surface area (Å²) >= 11 is 3.43. The van der Waals surface area contributed by atoms with Crippen LogP contribution in [0.3, 0.4) is 0 Å². The van der Waals surface area contributed by atoms with Crippen LogP contribution in [0.15, 0.2) is 28.7 Å². The third-order valence-corrected chi connectivity index (χ3v) is 3.45. The van der Waals surface area contributed by atoms with Crippen molar-refractivity contribution >= 4 is 21.7 Å². The lowest BCUT2D eigenvalue weighted by Crippen LogP contribution is -2.10. The smallest absolute Gasteiger partial charge is 0.168 e. The van der Waals surface area contributed by atoms with E-state index in [0.29, 0.717) is 6.42 Å². The molecule has 1 aromatic carbocycles. The van der Waals surface area contributed by atoms with Crippen molar-refractivity contribution in [1.82, 2.24) is 9.78 Å². The van der Waals surface area contributed by atoms with Crippen molar-refractivity contribution in [2.45, 2.75) is 33.7 Å². The molecule has 0 fully saturated rings. The number of carbonyl (C=O) groups excluding carboxylic acids is 1. The lowest BCUT2D eigenvalue weighted by atomic mass is 10.0. The summed E-state index contributed by atoms with van der Waals surface area (Å²) in [7, 11) is 0. The molecule has 0 N–H and O–H groups in total. The van der Waals surface area contributed by atoms with E-state index in [1.54, 1.807) is 0 Å². The Morgan fingerprint density at radius 3 is 2.63 bits per heavy atom. The van der Waals surface area contributed by atoms with E-state index in [4.69, 9.17) is 0 Å². The van der Waals surface area contributed by atoms with Gasteiger partial charge >= 0.3 is 0 Å². The van der Waals surface area contributed by atoms with Crippen molar-refractivity contribution in [3.63, 3.8) is 0 Å². The van der Waals surface area contributed by atoms with Crippen LogP contribution in [-0.2, 0) is 13.0 Å². The number of aryl methyl sites for hydroxylation is 3. The van der Waals surface area contributed by atoms with Crippen LogP contribution in [-0.4, -0.2) is 15.6 Å². The summed E-state index contributed by atoms with van der Waals surface area (Å²) in [6, 6.07) is 7.77. The van der Waals surface area contributed by atoms with Crippen LogP contribution in [0.2, 0.25) is 0 Å². The second-order valence-corrected chi connectivity index (χ2v) is 5.63. The molecule has 19 heavy (non-hydrogen) atoms. The van der Waals surface area contributed by atoms with Gasteiger partial charge in [0.05, 0.1) is 12.1 Å². The van der Waals surface area contributed by atoms with Crippen LogP contribution in [0, 0.1) is 13.8 Å².